The van der Waals surface area contributed by atoms with E-state index < -0.39 is 5.97 Å². The van der Waals surface area contributed by atoms with E-state index in [1.165, 1.54) is 10.9 Å². The van der Waals surface area contributed by atoms with Crippen LogP contribution in [0.15, 0.2) is 6.33 Å². The lowest BCUT2D eigenvalue weighted by Crippen LogP contribution is -2.07. The molecule has 1 rings (SSSR count). The van der Waals surface area contributed by atoms with Gasteiger partial charge in [0.15, 0.2) is 0 Å². The van der Waals surface area contributed by atoms with Crippen LogP contribution in [0, 0.1) is 0 Å². The second-order valence-corrected chi connectivity index (χ2v) is 2.71. The second kappa shape index (κ2) is 3.38. The number of hydrogen-bond acceptors (Lipinski definition) is 2. The molecule has 0 bridgehead atoms. The molecule has 4 heteroatoms. The minimum Gasteiger partial charge on any atom is -0.477 e. The maximum Gasteiger partial charge on any atom is 0.354 e. The van der Waals surface area contributed by atoms with Crippen LogP contribution in [-0.4, -0.2) is 20.6 Å². The van der Waals surface area contributed by atoms with Gasteiger partial charge in [-0.25, -0.2) is 9.78 Å². The standard InChI is InChI=1S/C8H12N2O2/c1-3-4-6-7(8(11)12)10(2)5-9-6/h5H,3-4H2,1-2H3,(H,11,12). The van der Waals surface area contributed by atoms with Crippen molar-refractivity contribution >= 4 is 5.97 Å². The Morgan fingerprint density at radius 3 is 2.92 bits per heavy atom. The van der Waals surface area contributed by atoms with E-state index >= 15 is 0 Å². The highest BCUT2D eigenvalue weighted by atomic mass is 16.4. The Morgan fingerprint density at radius 1 is 1.75 bits per heavy atom. The molecule has 1 N–H and O–H groups in total. The van der Waals surface area contributed by atoms with E-state index in [0.717, 1.165) is 12.8 Å². The van der Waals surface area contributed by atoms with Crippen LogP contribution in [0.1, 0.15) is 29.5 Å². The summed E-state index contributed by atoms with van der Waals surface area (Å²) < 4.78 is 1.54. The van der Waals surface area contributed by atoms with Crippen LogP contribution in [0.5, 0.6) is 0 Å². The van der Waals surface area contributed by atoms with Gasteiger partial charge in [0.1, 0.15) is 5.69 Å². The molecule has 0 aliphatic rings. The van der Waals surface area contributed by atoms with Crippen molar-refractivity contribution in [3.05, 3.63) is 17.7 Å². The smallest absolute Gasteiger partial charge is 0.354 e. The normalized spacial score (nSPS) is 10.2. The summed E-state index contributed by atoms with van der Waals surface area (Å²) in [6.45, 7) is 2.00. The van der Waals surface area contributed by atoms with E-state index in [9.17, 15) is 4.79 Å². The van der Waals surface area contributed by atoms with E-state index in [2.05, 4.69) is 4.98 Å². The van der Waals surface area contributed by atoms with Crippen molar-refractivity contribution in [1.29, 1.82) is 0 Å². The van der Waals surface area contributed by atoms with E-state index in [1.54, 1.807) is 7.05 Å². The number of carboxylic acid groups (broad SMARTS) is 1. The van der Waals surface area contributed by atoms with E-state index in [4.69, 9.17) is 5.11 Å². The first kappa shape index (κ1) is 8.77. The van der Waals surface area contributed by atoms with E-state index in [1.807, 2.05) is 6.92 Å². The summed E-state index contributed by atoms with van der Waals surface area (Å²) in [6.07, 6.45) is 3.17. The maximum absolute atomic E-state index is 10.7. The highest BCUT2D eigenvalue weighted by Gasteiger charge is 2.14. The molecule has 1 aromatic heterocycles. The van der Waals surface area contributed by atoms with Crippen LogP contribution in [-0.2, 0) is 13.5 Å². The SMILES string of the molecule is CCCc1ncn(C)c1C(=O)O. The van der Waals surface area contributed by atoms with Gasteiger partial charge < -0.3 is 9.67 Å². The third-order valence-corrected chi connectivity index (χ3v) is 1.70. The lowest BCUT2D eigenvalue weighted by Gasteiger charge is -1.98. The maximum atomic E-state index is 10.7. The number of aromatic carboxylic acids is 1. The average Bonchev–Trinajstić information content (AvgIpc) is 2.32. The van der Waals surface area contributed by atoms with Crippen LogP contribution in [0.4, 0.5) is 0 Å². The number of aromatic nitrogens is 2. The molecule has 66 valence electrons. The summed E-state index contributed by atoms with van der Waals surface area (Å²) in [4.78, 5) is 14.7. The highest BCUT2D eigenvalue weighted by molar-refractivity contribution is 5.86. The monoisotopic (exact) mass is 168 g/mol. The van der Waals surface area contributed by atoms with Crippen molar-refractivity contribution < 1.29 is 9.90 Å². The Hall–Kier alpha value is -1.32. The van der Waals surface area contributed by atoms with Crippen molar-refractivity contribution in [1.82, 2.24) is 9.55 Å². The zero-order valence-electron chi connectivity index (χ0n) is 7.24. The molecule has 0 spiro atoms. The van der Waals surface area contributed by atoms with Crippen molar-refractivity contribution in [3.63, 3.8) is 0 Å². The second-order valence-electron chi connectivity index (χ2n) is 2.71. The zero-order valence-corrected chi connectivity index (χ0v) is 7.24. The summed E-state index contributed by atoms with van der Waals surface area (Å²) in [5.74, 6) is -0.904. The number of carboxylic acids is 1. The van der Waals surface area contributed by atoms with Crippen molar-refractivity contribution in [2.75, 3.05) is 0 Å². The molecule has 0 unspecified atom stereocenters. The highest BCUT2D eigenvalue weighted by Crippen LogP contribution is 2.08. The molecule has 0 aliphatic carbocycles. The van der Waals surface area contributed by atoms with Crippen LogP contribution < -0.4 is 0 Å². The van der Waals surface area contributed by atoms with Gasteiger partial charge in [-0.15, -0.1) is 0 Å². The van der Waals surface area contributed by atoms with Crippen LogP contribution in [0.25, 0.3) is 0 Å². The van der Waals surface area contributed by atoms with E-state index in [-0.39, 0.29) is 0 Å². The van der Waals surface area contributed by atoms with Gasteiger partial charge in [0.2, 0.25) is 0 Å². The number of rotatable bonds is 3. The molecule has 1 heterocycles. The summed E-state index contributed by atoms with van der Waals surface area (Å²) in [5.41, 5.74) is 0.976. The quantitative estimate of drug-likeness (QED) is 0.734. The fraction of sp³-hybridized carbons (Fsp3) is 0.500. The van der Waals surface area contributed by atoms with Gasteiger partial charge in [-0.05, 0) is 6.42 Å². The Balaban J connectivity index is 3.04. The van der Waals surface area contributed by atoms with E-state index in [0.29, 0.717) is 11.4 Å². The fourth-order valence-electron chi connectivity index (χ4n) is 1.17. The third-order valence-electron chi connectivity index (χ3n) is 1.70. The minimum atomic E-state index is -0.904. The first-order valence-corrected chi connectivity index (χ1v) is 3.90. The summed E-state index contributed by atoms with van der Waals surface area (Å²) in [5, 5.41) is 8.80. The summed E-state index contributed by atoms with van der Waals surface area (Å²) >= 11 is 0. The molecule has 1 aromatic rings. The molecule has 12 heavy (non-hydrogen) atoms. The zero-order chi connectivity index (χ0) is 9.14. The molecule has 0 aromatic carbocycles. The summed E-state index contributed by atoms with van der Waals surface area (Å²) in [6, 6.07) is 0. The molecule has 0 saturated carbocycles. The molecule has 0 aliphatic heterocycles. The Morgan fingerprint density at radius 2 is 2.42 bits per heavy atom. The average molecular weight is 168 g/mol. The lowest BCUT2D eigenvalue weighted by molar-refractivity contribution is 0.0685. The van der Waals surface area contributed by atoms with Gasteiger partial charge in [-0.1, -0.05) is 13.3 Å². The van der Waals surface area contributed by atoms with Gasteiger partial charge in [-0.2, -0.15) is 0 Å². The molecule has 4 nitrogen and oxygen atoms in total. The molecule has 0 fully saturated rings. The number of imidazole rings is 1. The Bertz CT molecular complexity index is 291. The molecular formula is C8H12N2O2. The van der Waals surface area contributed by atoms with Crippen molar-refractivity contribution in [2.24, 2.45) is 7.05 Å². The first-order chi connectivity index (χ1) is 5.66. The largest absolute Gasteiger partial charge is 0.477 e. The predicted molar refractivity (Wildman–Crippen MR) is 44.2 cm³/mol. The number of nitrogens with zero attached hydrogens (tertiary/aromatic N) is 2. The van der Waals surface area contributed by atoms with Gasteiger partial charge in [-0.3, -0.25) is 0 Å². The topological polar surface area (TPSA) is 55.1 Å². The molecule has 0 saturated heterocycles. The Kier molecular flexibility index (Phi) is 2.47. The summed E-state index contributed by atoms with van der Waals surface area (Å²) in [7, 11) is 1.69. The Labute approximate surface area is 70.9 Å². The van der Waals surface area contributed by atoms with Crippen LogP contribution in [0.3, 0.4) is 0 Å². The van der Waals surface area contributed by atoms with Crippen molar-refractivity contribution in [3.8, 4) is 0 Å². The molecular weight excluding hydrogens is 156 g/mol. The molecule has 0 atom stereocenters. The molecule has 0 radical (unpaired) electrons. The van der Waals surface area contributed by atoms with Gasteiger partial charge in [0.05, 0.1) is 12.0 Å². The first-order valence-electron chi connectivity index (χ1n) is 3.90. The number of hydrogen-bond donors (Lipinski definition) is 1. The number of aryl methyl sites for hydroxylation is 2. The van der Waals surface area contributed by atoms with Crippen LogP contribution in [0.2, 0.25) is 0 Å². The fourth-order valence-corrected chi connectivity index (χ4v) is 1.17. The predicted octanol–water partition coefficient (Wildman–Crippen LogP) is 1.07. The number of carbonyl (C=O) groups is 1. The molecule has 0 amide bonds. The van der Waals surface area contributed by atoms with Crippen molar-refractivity contribution in [2.45, 2.75) is 19.8 Å². The third kappa shape index (κ3) is 1.47. The van der Waals surface area contributed by atoms with Crippen LogP contribution >= 0.6 is 0 Å². The van der Waals surface area contributed by atoms with Gasteiger partial charge in [0.25, 0.3) is 0 Å². The minimum absolute atomic E-state index is 0.303. The lowest BCUT2D eigenvalue weighted by atomic mass is 10.2. The van der Waals surface area contributed by atoms with Gasteiger partial charge in [0, 0.05) is 7.05 Å². The van der Waals surface area contributed by atoms with Gasteiger partial charge >= 0.3 is 5.97 Å².